The zero-order valence-electron chi connectivity index (χ0n) is 8.75. The van der Waals surface area contributed by atoms with E-state index in [1.54, 1.807) is 7.05 Å². The Balaban J connectivity index is 1.85. The summed E-state index contributed by atoms with van der Waals surface area (Å²) < 4.78 is 0. The highest BCUT2D eigenvalue weighted by Gasteiger charge is 2.29. The number of fused-ring (bicyclic) bond motifs is 2. The molecule has 2 saturated heterocycles. The number of likely N-dealkylation sites (tertiary alicyclic amines) is 1. The molecule has 0 aromatic rings. The molecule has 2 N–H and O–H groups in total. The van der Waals surface area contributed by atoms with Gasteiger partial charge in [-0.05, 0) is 19.3 Å². The van der Waals surface area contributed by atoms with E-state index in [1.807, 2.05) is 0 Å². The molecule has 0 radical (unpaired) electrons. The van der Waals surface area contributed by atoms with Gasteiger partial charge in [-0.15, -0.1) is 0 Å². The summed E-state index contributed by atoms with van der Waals surface area (Å²) in [6.07, 6.45) is 3.78. The van der Waals surface area contributed by atoms with Gasteiger partial charge >= 0.3 is 0 Å². The molecule has 2 unspecified atom stereocenters. The lowest BCUT2D eigenvalue weighted by molar-refractivity contribution is -0.121. The summed E-state index contributed by atoms with van der Waals surface area (Å²) in [5.41, 5.74) is 0. The molecule has 80 valence electrons. The Bertz CT molecular complexity index is 219. The number of rotatable bonds is 2. The van der Waals surface area contributed by atoms with Crippen molar-refractivity contribution in [1.29, 1.82) is 0 Å². The molecule has 14 heavy (non-hydrogen) atoms. The molecule has 0 aliphatic carbocycles. The Morgan fingerprint density at radius 1 is 1.43 bits per heavy atom. The topological polar surface area (TPSA) is 44.4 Å². The second-order valence-electron chi connectivity index (χ2n) is 4.33. The van der Waals surface area contributed by atoms with Crippen LogP contribution in [0, 0.1) is 0 Å². The molecule has 2 fully saturated rings. The number of nitrogens with one attached hydrogen (secondary N) is 2. The van der Waals surface area contributed by atoms with Crippen molar-refractivity contribution in [3.8, 4) is 0 Å². The zero-order chi connectivity index (χ0) is 9.97. The van der Waals surface area contributed by atoms with Gasteiger partial charge in [0.1, 0.15) is 0 Å². The van der Waals surface area contributed by atoms with Gasteiger partial charge in [0.2, 0.25) is 5.91 Å². The van der Waals surface area contributed by atoms with Crippen molar-refractivity contribution in [3.63, 3.8) is 0 Å². The lowest BCUT2D eigenvalue weighted by Gasteiger charge is -2.22. The molecule has 2 atom stereocenters. The highest BCUT2D eigenvalue weighted by molar-refractivity contribution is 5.77. The van der Waals surface area contributed by atoms with E-state index in [2.05, 4.69) is 15.5 Å². The van der Waals surface area contributed by atoms with E-state index < -0.39 is 0 Å². The van der Waals surface area contributed by atoms with Crippen molar-refractivity contribution in [1.82, 2.24) is 15.5 Å². The minimum Gasteiger partial charge on any atom is -0.358 e. The lowest BCUT2D eigenvalue weighted by atomic mass is 10.1. The summed E-state index contributed by atoms with van der Waals surface area (Å²) in [4.78, 5) is 13.5. The number of nitrogens with zero attached hydrogens (tertiary/aromatic N) is 1. The largest absolute Gasteiger partial charge is 0.358 e. The van der Waals surface area contributed by atoms with E-state index in [1.165, 1.54) is 19.3 Å². The SMILES string of the molecule is CNC(=O)CN1CCC2CCC(C1)N2. The molecule has 2 heterocycles. The summed E-state index contributed by atoms with van der Waals surface area (Å²) in [6.45, 7) is 2.65. The monoisotopic (exact) mass is 197 g/mol. The first-order valence-electron chi connectivity index (χ1n) is 5.47. The van der Waals surface area contributed by atoms with Crippen LogP contribution in [0.4, 0.5) is 0 Å². The van der Waals surface area contributed by atoms with Crippen molar-refractivity contribution in [2.24, 2.45) is 0 Å². The quantitative estimate of drug-likeness (QED) is 0.631. The molecule has 0 aromatic heterocycles. The van der Waals surface area contributed by atoms with Crippen LogP contribution in [0.15, 0.2) is 0 Å². The second kappa shape index (κ2) is 4.28. The maximum absolute atomic E-state index is 11.2. The van der Waals surface area contributed by atoms with Gasteiger partial charge in [0.15, 0.2) is 0 Å². The van der Waals surface area contributed by atoms with Gasteiger partial charge in [0.25, 0.3) is 0 Å². The molecule has 2 aliphatic heterocycles. The van der Waals surface area contributed by atoms with Crippen LogP contribution in [-0.4, -0.2) is 49.6 Å². The van der Waals surface area contributed by atoms with E-state index in [0.29, 0.717) is 18.6 Å². The smallest absolute Gasteiger partial charge is 0.233 e. The van der Waals surface area contributed by atoms with Crippen molar-refractivity contribution < 1.29 is 4.79 Å². The summed E-state index contributed by atoms with van der Waals surface area (Å²) in [6, 6.07) is 1.32. The zero-order valence-corrected chi connectivity index (χ0v) is 8.75. The third-order valence-corrected chi connectivity index (χ3v) is 3.25. The molecule has 4 nitrogen and oxygen atoms in total. The van der Waals surface area contributed by atoms with E-state index in [-0.39, 0.29) is 5.91 Å². The first-order valence-corrected chi connectivity index (χ1v) is 5.47. The fraction of sp³-hybridized carbons (Fsp3) is 0.900. The first kappa shape index (κ1) is 9.93. The summed E-state index contributed by atoms with van der Waals surface area (Å²) in [7, 11) is 1.70. The molecular weight excluding hydrogens is 178 g/mol. The average Bonchev–Trinajstić information content (AvgIpc) is 2.50. The minimum atomic E-state index is 0.128. The maximum Gasteiger partial charge on any atom is 0.233 e. The Morgan fingerprint density at radius 3 is 3.00 bits per heavy atom. The van der Waals surface area contributed by atoms with Crippen LogP contribution < -0.4 is 10.6 Å². The molecule has 2 aliphatic rings. The predicted octanol–water partition coefficient (Wildman–Crippen LogP) is -0.441. The van der Waals surface area contributed by atoms with E-state index >= 15 is 0 Å². The van der Waals surface area contributed by atoms with Crippen LogP contribution in [0.25, 0.3) is 0 Å². The number of carbonyl (C=O) groups is 1. The summed E-state index contributed by atoms with van der Waals surface area (Å²) in [5, 5.41) is 6.28. The predicted molar refractivity (Wildman–Crippen MR) is 55.1 cm³/mol. The van der Waals surface area contributed by atoms with Crippen molar-refractivity contribution in [2.75, 3.05) is 26.7 Å². The molecular formula is C10H19N3O. The van der Waals surface area contributed by atoms with Gasteiger partial charge in [-0.3, -0.25) is 9.69 Å². The van der Waals surface area contributed by atoms with Crippen molar-refractivity contribution in [3.05, 3.63) is 0 Å². The maximum atomic E-state index is 11.2. The molecule has 2 rings (SSSR count). The lowest BCUT2D eigenvalue weighted by Crippen LogP contribution is -2.40. The number of hydrogen-bond acceptors (Lipinski definition) is 3. The van der Waals surface area contributed by atoms with Gasteiger partial charge in [0.05, 0.1) is 6.54 Å². The van der Waals surface area contributed by atoms with Crippen molar-refractivity contribution in [2.45, 2.75) is 31.3 Å². The number of carbonyl (C=O) groups excluding carboxylic acids is 1. The van der Waals surface area contributed by atoms with Crippen LogP contribution in [-0.2, 0) is 4.79 Å². The molecule has 0 aromatic carbocycles. The number of likely N-dealkylation sites (N-methyl/N-ethyl adjacent to an activating group) is 1. The van der Waals surface area contributed by atoms with E-state index in [0.717, 1.165) is 13.1 Å². The molecule has 0 spiro atoms. The highest BCUT2D eigenvalue weighted by atomic mass is 16.1. The minimum absolute atomic E-state index is 0.128. The second-order valence-corrected chi connectivity index (χ2v) is 4.33. The van der Waals surface area contributed by atoms with Crippen LogP contribution >= 0.6 is 0 Å². The highest BCUT2D eigenvalue weighted by Crippen LogP contribution is 2.19. The molecule has 4 heteroatoms. The van der Waals surface area contributed by atoms with Gasteiger partial charge in [-0.25, -0.2) is 0 Å². The Labute approximate surface area is 85.0 Å². The van der Waals surface area contributed by atoms with Crippen molar-refractivity contribution >= 4 is 5.91 Å². The van der Waals surface area contributed by atoms with Crippen LogP contribution in [0.1, 0.15) is 19.3 Å². The normalized spacial score (nSPS) is 32.6. The summed E-state index contributed by atoms with van der Waals surface area (Å²) in [5.74, 6) is 0.128. The van der Waals surface area contributed by atoms with E-state index in [9.17, 15) is 4.79 Å². The first-order chi connectivity index (χ1) is 6.78. The Hall–Kier alpha value is -0.610. The number of amides is 1. The standard InChI is InChI=1S/C10H19N3O/c1-11-10(14)7-13-5-4-8-2-3-9(6-13)12-8/h8-9,12H,2-7H2,1H3,(H,11,14). The molecule has 0 saturated carbocycles. The van der Waals surface area contributed by atoms with Gasteiger partial charge in [0, 0.05) is 32.2 Å². The summed E-state index contributed by atoms with van der Waals surface area (Å²) >= 11 is 0. The van der Waals surface area contributed by atoms with Crippen LogP contribution in [0.5, 0.6) is 0 Å². The number of hydrogen-bond donors (Lipinski definition) is 2. The van der Waals surface area contributed by atoms with Gasteiger partial charge in [-0.1, -0.05) is 0 Å². The van der Waals surface area contributed by atoms with Gasteiger partial charge in [-0.2, -0.15) is 0 Å². The fourth-order valence-corrected chi connectivity index (χ4v) is 2.44. The van der Waals surface area contributed by atoms with Crippen LogP contribution in [0.3, 0.4) is 0 Å². The Morgan fingerprint density at radius 2 is 2.21 bits per heavy atom. The fourth-order valence-electron chi connectivity index (χ4n) is 2.44. The third kappa shape index (κ3) is 2.25. The van der Waals surface area contributed by atoms with E-state index in [4.69, 9.17) is 0 Å². The van der Waals surface area contributed by atoms with Crippen LogP contribution in [0.2, 0.25) is 0 Å². The average molecular weight is 197 g/mol. The Kier molecular flexibility index (Phi) is 3.03. The molecule has 1 amide bonds. The van der Waals surface area contributed by atoms with Gasteiger partial charge < -0.3 is 10.6 Å². The third-order valence-electron chi connectivity index (χ3n) is 3.25. The molecule has 2 bridgehead atoms.